The fourth-order valence-corrected chi connectivity index (χ4v) is 5.21. The highest BCUT2D eigenvalue weighted by atomic mass is 16.6. The summed E-state index contributed by atoms with van der Waals surface area (Å²) >= 11 is 0. The summed E-state index contributed by atoms with van der Waals surface area (Å²) in [5, 5.41) is 9.98. The molecule has 1 saturated heterocycles. The number of hydrogen-bond donors (Lipinski definition) is 1. The van der Waals surface area contributed by atoms with E-state index in [1.54, 1.807) is 6.07 Å². The molecule has 146 valence electrons. The lowest BCUT2D eigenvalue weighted by Gasteiger charge is -2.55. The highest BCUT2D eigenvalue weighted by Crippen LogP contribution is 2.49. The van der Waals surface area contributed by atoms with Crippen LogP contribution in [-0.2, 0) is 16.6 Å². The van der Waals surface area contributed by atoms with E-state index in [0.717, 1.165) is 12.8 Å². The first kappa shape index (κ1) is 17.4. The Morgan fingerprint density at radius 3 is 2.82 bits per heavy atom. The summed E-state index contributed by atoms with van der Waals surface area (Å²) in [6.45, 7) is 5.43. The SMILES string of the molecule is C[C@H]1C2Cc3ccc(O)cc3[C@]1(C)CCN2C(=O)[C@@H]1COc2ccccc2O1. The predicted octanol–water partition coefficient (Wildman–Crippen LogP) is 3.28. The first-order valence-corrected chi connectivity index (χ1v) is 9.99. The Bertz CT molecular complexity index is 942. The maximum atomic E-state index is 13.4. The molecular weight excluding hydrogens is 354 g/mol. The number of carbonyl (C=O) groups excluding carboxylic acids is 1. The Morgan fingerprint density at radius 1 is 1.21 bits per heavy atom. The highest BCUT2D eigenvalue weighted by molar-refractivity contribution is 5.82. The summed E-state index contributed by atoms with van der Waals surface area (Å²) in [6.07, 6.45) is 1.08. The van der Waals surface area contributed by atoms with Crippen LogP contribution in [0.3, 0.4) is 0 Å². The molecule has 4 atom stereocenters. The lowest BCUT2D eigenvalue weighted by Crippen LogP contribution is -2.62. The van der Waals surface area contributed by atoms with Crippen LogP contribution in [0.5, 0.6) is 17.2 Å². The lowest BCUT2D eigenvalue weighted by molar-refractivity contribution is -0.148. The summed E-state index contributed by atoms with van der Waals surface area (Å²) in [5.74, 6) is 1.95. The summed E-state index contributed by atoms with van der Waals surface area (Å²) in [5.41, 5.74) is 2.42. The van der Waals surface area contributed by atoms with Crippen molar-refractivity contribution in [3.05, 3.63) is 53.6 Å². The minimum atomic E-state index is -0.604. The molecule has 1 fully saturated rings. The number of phenols is 1. The number of fused-ring (bicyclic) bond motifs is 5. The van der Waals surface area contributed by atoms with Crippen LogP contribution in [0, 0.1) is 5.92 Å². The largest absolute Gasteiger partial charge is 0.508 e. The van der Waals surface area contributed by atoms with Gasteiger partial charge in [0.25, 0.3) is 5.91 Å². The molecule has 5 rings (SSSR count). The smallest absolute Gasteiger partial charge is 0.267 e. The van der Waals surface area contributed by atoms with Gasteiger partial charge in [0.05, 0.1) is 0 Å². The van der Waals surface area contributed by atoms with Gasteiger partial charge in [0.1, 0.15) is 12.4 Å². The molecule has 1 amide bonds. The van der Waals surface area contributed by atoms with E-state index in [1.165, 1.54) is 11.1 Å². The van der Waals surface area contributed by atoms with Crippen molar-refractivity contribution in [3.8, 4) is 17.2 Å². The molecule has 0 aromatic heterocycles. The molecule has 2 aromatic carbocycles. The van der Waals surface area contributed by atoms with Gasteiger partial charge in [-0.05, 0) is 59.6 Å². The van der Waals surface area contributed by atoms with Gasteiger partial charge in [-0.25, -0.2) is 0 Å². The van der Waals surface area contributed by atoms with Crippen LogP contribution in [0.4, 0.5) is 0 Å². The van der Waals surface area contributed by atoms with Crippen LogP contribution in [0.2, 0.25) is 0 Å². The predicted molar refractivity (Wildman–Crippen MR) is 105 cm³/mol. The van der Waals surface area contributed by atoms with Crippen LogP contribution in [0.25, 0.3) is 0 Å². The molecule has 0 spiro atoms. The van der Waals surface area contributed by atoms with E-state index in [-0.39, 0.29) is 24.0 Å². The van der Waals surface area contributed by atoms with Crippen molar-refractivity contribution in [2.45, 2.75) is 44.2 Å². The zero-order valence-electron chi connectivity index (χ0n) is 16.2. The lowest BCUT2D eigenvalue weighted by atomic mass is 9.59. The molecule has 1 unspecified atom stereocenters. The second-order valence-electron chi connectivity index (χ2n) is 8.46. The third-order valence-electron chi connectivity index (χ3n) is 7.06. The number of hydrogen-bond acceptors (Lipinski definition) is 4. The van der Waals surface area contributed by atoms with Gasteiger partial charge in [-0.1, -0.05) is 32.0 Å². The molecule has 0 saturated carbocycles. The third-order valence-corrected chi connectivity index (χ3v) is 7.06. The van der Waals surface area contributed by atoms with Gasteiger partial charge in [0, 0.05) is 12.6 Å². The van der Waals surface area contributed by atoms with Gasteiger partial charge in [0.15, 0.2) is 11.5 Å². The fourth-order valence-electron chi connectivity index (χ4n) is 5.21. The first-order valence-electron chi connectivity index (χ1n) is 9.99. The Kier molecular flexibility index (Phi) is 3.83. The number of nitrogens with zero attached hydrogens (tertiary/aromatic N) is 1. The highest BCUT2D eigenvalue weighted by Gasteiger charge is 2.50. The van der Waals surface area contributed by atoms with Crippen molar-refractivity contribution >= 4 is 5.91 Å². The van der Waals surface area contributed by atoms with E-state index < -0.39 is 6.10 Å². The Hall–Kier alpha value is -2.69. The molecular formula is C23H25NO4. The van der Waals surface area contributed by atoms with Crippen LogP contribution in [-0.4, -0.2) is 41.2 Å². The van der Waals surface area contributed by atoms with E-state index in [2.05, 4.69) is 13.8 Å². The monoisotopic (exact) mass is 379 g/mol. The molecule has 2 bridgehead atoms. The van der Waals surface area contributed by atoms with E-state index in [4.69, 9.17) is 9.47 Å². The van der Waals surface area contributed by atoms with Crippen molar-refractivity contribution in [3.63, 3.8) is 0 Å². The normalized spacial score (nSPS) is 30.5. The maximum absolute atomic E-state index is 13.4. The second-order valence-corrected chi connectivity index (χ2v) is 8.46. The van der Waals surface area contributed by atoms with Gasteiger partial charge < -0.3 is 19.5 Å². The van der Waals surface area contributed by atoms with Crippen molar-refractivity contribution in [1.29, 1.82) is 0 Å². The molecule has 0 radical (unpaired) electrons. The van der Waals surface area contributed by atoms with E-state index >= 15 is 0 Å². The van der Waals surface area contributed by atoms with E-state index in [0.29, 0.717) is 29.7 Å². The summed E-state index contributed by atoms with van der Waals surface area (Å²) in [7, 11) is 0. The summed E-state index contributed by atoms with van der Waals surface area (Å²) in [6, 6.07) is 13.3. The molecule has 28 heavy (non-hydrogen) atoms. The molecule has 3 aliphatic rings. The van der Waals surface area contributed by atoms with Crippen LogP contribution < -0.4 is 9.47 Å². The Morgan fingerprint density at radius 2 is 2.00 bits per heavy atom. The number of amides is 1. The molecule has 5 nitrogen and oxygen atoms in total. The molecule has 2 aromatic rings. The van der Waals surface area contributed by atoms with Crippen molar-refractivity contribution in [2.75, 3.05) is 13.2 Å². The van der Waals surface area contributed by atoms with Gasteiger partial charge in [0.2, 0.25) is 6.10 Å². The molecule has 2 aliphatic heterocycles. The Balaban J connectivity index is 1.43. The standard InChI is InChI=1S/C23H25NO4/c1-14-18-11-15-7-8-16(25)12-17(15)23(14,2)9-10-24(18)22(26)21-13-27-19-5-3-4-6-20(19)28-21/h3-8,12,14,18,21,25H,9-11,13H2,1-2H3/t14-,18?,21-,23+/m0/s1. The fraction of sp³-hybridized carbons (Fsp3) is 0.435. The molecule has 5 heteroatoms. The zero-order valence-corrected chi connectivity index (χ0v) is 16.2. The van der Waals surface area contributed by atoms with Crippen molar-refractivity contribution in [1.82, 2.24) is 4.90 Å². The number of benzene rings is 2. The first-order chi connectivity index (χ1) is 13.5. The Labute approximate surface area is 164 Å². The average molecular weight is 379 g/mol. The van der Waals surface area contributed by atoms with Crippen molar-refractivity contribution in [2.24, 2.45) is 5.92 Å². The van der Waals surface area contributed by atoms with Gasteiger partial charge in [-0.3, -0.25) is 4.79 Å². The quantitative estimate of drug-likeness (QED) is 0.826. The van der Waals surface area contributed by atoms with Crippen molar-refractivity contribution < 1.29 is 19.4 Å². The average Bonchev–Trinajstić information content (AvgIpc) is 2.70. The number of carbonyl (C=O) groups is 1. The van der Waals surface area contributed by atoms with Crippen LogP contribution in [0.15, 0.2) is 42.5 Å². The number of ether oxygens (including phenoxy) is 2. The molecule has 1 N–H and O–H groups in total. The second kappa shape index (κ2) is 6.16. The van der Waals surface area contributed by atoms with Gasteiger partial charge >= 0.3 is 0 Å². The minimum absolute atomic E-state index is 0.00984. The summed E-state index contributed by atoms with van der Waals surface area (Å²) in [4.78, 5) is 15.4. The van der Waals surface area contributed by atoms with Gasteiger partial charge in [-0.2, -0.15) is 0 Å². The number of para-hydroxylation sites is 2. The van der Waals surface area contributed by atoms with E-state index in [9.17, 15) is 9.90 Å². The third kappa shape index (κ3) is 2.49. The molecule has 2 heterocycles. The molecule has 1 aliphatic carbocycles. The number of rotatable bonds is 1. The van der Waals surface area contributed by atoms with Gasteiger partial charge in [-0.15, -0.1) is 0 Å². The van der Waals surface area contributed by atoms with Crippen LogP contribution in [0.1, 0.15) is 31.4 Å². The van der Waals surface area contributed by atoms with E-state index in [1.807, 2.05) is 41.3 Å². The topological polar surface area (TPSA) is 59.0 Å². The minimum Gasteiger partial charge on any atom is -0.508 e. The zero-order chi connectivity index (χ0) is 19.5. The number of phenolic OH excluding ortho intramolecular Hbond substituents is 1. The summed E-state index contributed by atoms with van der Waals surface area (Å²) < 4.78 is 11.7. The van der Waals surface area contributed by atoms with Crippen LogP contribution >= 0.6 is 0 Å². The number of piperidine rings is 1. The maximum Gasteiger partial charge on any atom is 0.267 e. The number of likely N-dealkylation sites (tertiary alicyclic amines) is 1. The number of aromatic hydroxyl groups is 1.